The van der Waals surface area contributed by atoms with E-state index in [1.54, 1.807) is 6.07 Å². The number of aryl methyl sites for hydroxylation is 2. The van der Waals surface area contributed by atoms with Crippen LogP contribution in [0.3, 0.4) is 0 Å². The van der Waals surface area contributed by atoms with Crippen LogP contribution < -0.4 is 0 Å². The van der Waals surface area contributed by atoms with Crippen molar-refractivity contribution in [2.45, 2.75) is 33.2 Å². The van der Waals surface area contributed by atoms with Crippen molar-refractivity contribution in [3.8, 4) is 0 Å². The number of carbonyl (C=O) groups excluding carboxylic acids is 1. The summed E-state index contributed by atoms with van der Waals surface area (Å²) in [6.45, 7) is 6.82. The molecular formula is C14H19NO3. The molecule has 0 aliphatic rings. The first kappa shape index (κ1) is 14.2. The maximum absolute atomic E-state index is 12.3. The van der Waals surface area contributed by atoms with Gasteiger partial charge in [-0.15, -0.1) is 0 Å². The van der Waals surface area contributed by atoms with Gasteiger partial charge in [0.15, 0.2) is 0 Å². The third-order valence-electron chi connectivity index (χ3n) is 3.28. The predicted molar refractivity (Wildman–Crippen MR) is 69.7 cm³/mol. The molecule has 0 heterocycles. The number of rotatable bonds is 3. The zero-order chi connectivity index (χ0) is 14.1. The van der Waals surface area contributed by atoms with Crippen LogP contribution in [-0.2, 0) is 4.79 Å². The second-order valence-electron chi connectivity index (χ2n) is 5.05. The van der Waals surface area contributed by atoms with Gasteiger partial charge in [-0.25, -0.2) is 4.79 Å². The topological polar surface area (TPSA) is 57.6 Å². The zero-order valence-electron chi connectivity index (χ0n) is 11.4. The van der Waals surface area contributed by atoms with Crippen molar-refractivity contribution in [1.82, 2.24) is 4.90 Å². The lowest BCUT2D eigenvalue weighted by atomic mass is 10.00. The fourth-order valence-electron chi connectivity index (χ4n) is 1.63. The van der Waals surface area contributed by atoms with E-state index in [4.69, 9.17) is 5.11 Å². The molecule has 0 bridgehead atoms. The molecule has 0 radical (unpaired) electrons. The number of amides is 1. The minimum absolute atomic E-state index is 0.278. The summed E-state index contributed by atoms with van der Waals surface area (Å²) in [5.41, 5.74) is 1.24. The van der Waals surface area contributed by atoms with Crippen molar-refractivity contribution in [1.29, 1.82) is 0 Å². The molecule has 1 amide bonds. The Hall–Kier alpha value is -1.84. The van der Waals surface area contributed by atoms with E-state index in [1.807, 2.05) is 26.0 Å². The van der Waals surface area contributed by atoms with Crippen LogP contribution in [0.25, 0.3) is 0 Å². The number of hydrogen-bond acceptors (Lipinski definition) is 2. The molecule has 0 spiro atoms. The normalized spacial score (nSPS) is 11.2. The largest absolute Gasteiger partial charge is 0.480 e. The monoisotopic (exact) mass is 249 g/mol. The number of benzene rings is 1. The maximum atomic E-state index is 12.3. The van der Waals surface area contributed by atoms with Gasteiger partial charge in [0.2, 0.25) is 0 Å². The van der Waals surface area contributed by atoms with Crippen molar-refractivity contribution in [3.05, 3.63) is 34.9 Å². The van der Waals surface area contributed by atoms with E-state index in [0.29, 0.717) is 5.56 Å². The highest BCUT2D eigenvalue weighted by molar-refractivity contribution is 5.98. The Morgan fingerprint density at radius 2 is 1.78 bits per heavy atom. The number of carboxylic acids is 1. The average Bonchev–Trinajstić information content (AvgIpc) is 2.26. The molecule has 0 atom stereocenters. The summed E-state index contributed by atoms with van der Waals surface area (Å²) in [4.78, 5) is 24.7. The first-order valence-corrected chi connectivity index (χ1v) is 5.76. The van der Waals surface area contributed by atoms with Crippen molar-refractivity contribution in [2.75, 3.05) is 7.05 Å². The van der Waals surface area contributed by atoms with Crippen LogP contribution in [0.5, 0.6) is 0 Å². The predicted octanol–water partition coefficient (Wildman–Crippen LogP) is 2.24. The number of carbonyl (C=O) groups is 2. The van der Waals surface area contributed by atoms with Gasteiger partial charge in [0, 0.05) is 12.6 Å². The van der Waals surface area contributed by atoms with Crippen LogP contribution in [0, 0.1) is 13.8 Å². The minimum atomic E-state index is -1.23. The minimum Gasteiger partial charge on any atom is -0.480 e. The van der Waals surface area contributed by atoms with Crippen molar-refractivity contribution in [3.63, 3.8) is 0 Å². The number of carboxylic acid groups (broad SMARTS) is 1. The average molecular weight is 249 g/mol. The molecule has 0 fully saturated rings. The Morgan fingerprint density at radius 3 is 2.22 bits per heavy atom. The summed E-state index contributed by atoms with van der Waals surface area (Å²) >= 11 is 0. The summed E-state index contributed by atoms with van der Waals surface area (Å²) in [5.74, 6) is -1.30. The smallest absolute Gasteiger partial charge is 0.329 e. The van der Waals surface area contributed by atoms with Gasteiger partial charge in [-0.05, 0) is 39.3 Å². The summed E-state index contributed by atoms with van der Waals surface area (Å²) < 4.78 is 0. The molecule has 1 rings (SSSR count). The van der Waals surface area contributed by atoms with E-state index in [9.17, 15) is 9.59 Å². The van der Waals surface area contributed by atoms with Crippen molar-refractivity contribution < 1.29 is 14.7 Å². The molecule has 0 saturated carbocycles. The van der Waals surface area contributed by atoms with Crippen molar-refractivity contribution in [2.24, 2.45) is 0 Å². The molecule has 1 aromatic rings. The molecule has 0 saturated heterocycles. The van der Waals surface area contributed by atoms with Crippen molar-refractivity contribution >= 4 is 11.9 Å². The summed E-state index contributed by atoms with van der Waals surface area (Å²) in [6.07, 6.45) is 0. The van der Waals surface area contributed by atoms with Gasteiger partial charge < -0.3 is 10.0 Å². The number of hydrogen-bond donors (Lipinski definition) is 1. The highest BCUT2D eigenvalue weighted by Crippen LogP contribution is 2.19. The summed E-state index contributed by atoms with van der Waals surface area (Å²) in [7, 11) is 1.51. The fraction of sp³-hybridized carbons (Fsp3) is 0.429. The Bertz CT molecular complexity index is 492. The van der Waals surface area contributed by atoms with Crippen LogP contribution in [0.4, 0.5) is 0 Å². The first-order chi connectivity index (χ1) is 8.17. The quantitative estimate of drug-likeness (QED) is 0.893. The SMILES string of the molecule is Cc1ccc(C(=O)N(C)C(C)(C)C(=O)O)c(C)c1. The van der Waals surface area contributed by atoms with Crippen LogP contribution in [0.1, 0.15) is 35.3 Å². The highest BCUT2D eigenvalue weighted by Gasteiger charge is 2.35. The number of likely N-dealkylation sites (N-methyl/N-ethyl adjacent to an activating group) is 1. The molecule has 1 aromatic carbocycles. The highest BCUT2D eigenvalue weighted by atomic mass is 16.4. The van der Waals surface area contributed by atoms with E-state index in [0.717, 1.165) is 11.1 Å². The third kappa shape index (κ3) is 2.53. The van der Waals surface area contributed by atoms with Crippen LogP contribution >= 0.6 is 0 Å². The first-order valence-electron chi connectivity index (χ1n) is 5.76. The number of aliphatic carboxylic acids is 1. The van der Waals surface area contributed by atoms with Gasteiger partial charge >= 0.3 is 5.97 Å². The molecule has 0 aromatic heterocycles. The zero-order valence-corrected chi connectivity index (χ0v) is 11.4. The Labute approximate surface area is 107 Å². The standard InChI is InChI=1S/C14H19NO3/c1-9-6-7-11(10(2)8-9)12(16)15(5)14(3,4)13(17)18/h6-8H,1-5H3,(H,17,18). The van der Waals surface area contributed by atoms with Gasteiger partial charge in [0.05, 0.1) is 0 Å². The van der Waals surface area contributed by atoms with E-state index < -0.39 is 11.5 Å². The number of nitrogens with zero attached hydrogens (tertiary/aromatic N) is 1. The maximum Gasteiger partial charge on any atom is 0.329 e. The Balaban J connectivity index is 3.11. The fourth-order valence-corrected chi connectivity index (χ4v) is 1.63. The lowest BCUT2D eigenvalue weighted by Crippen LogP contribution is -2.50. The molecule has 18 heavy (non-hydrogen) atoms. The van der Waals surface area contributed by atoms with E-state index >= 15 is 0 Å². The lowest BCUT2D eigenvalue weighted by molar-refractivity contribution is -0.147. The Morgan fingerprint density at radius 1 is 1.22 bits per heavy atom. The van der Waals surface area contributed by atoms with Gasteiger partial charge in [-0.1, -0.05) is 17.7 Å². The van der Waals surface area contributed by atoms with E-state index in [1.165, 1.54) is 25.8 Å². The van der Waals surface area contributed by atoms with Crippen LogP contribution in [0.2, 0.25) is 0 Å². The molecule has 0 aliphatic carbocycles. The second kappa shape index (κ2) is 4.80. The van der Waals surface area contributed by atoms with Gasteiger partial charge in [-0.2, -0.15) is 0 Å². The van der Waals surface area contributed by atoms with Gasteiger partial charge in [-0.3, -0.25) is 4.79 Å². The molecule has 4 heteroatoms. The molecular weight excluding hydrogens is 230 g/mol. The van der Waals surface area contributed by atoms with Crippen LogP contribution in [-0.4, -0.2) is 34.5 Å². The van der Waals surface area contributed by atoms with E-state index in [2.05, 4.69) is 0 Å². The lowest BCUT2D eigenvalue weighted by Gasteiger charge is -2.32. The molecule has 0 aliphatic heterocycles. The summed E-state index contributed by atoms with van der Waals surface area (Å²) in [6, 6.07) is 5.50. The molecule has 4 nitrogen and oxygen atoms in total. The third-order valence-corrected chi connectivity index (χ3v) is 3.28. The van der Waals surface area contributed by atoms with E-state index in [-0.39, 0.29) is 5.91 Å². The second-order valence-corrected chi connectivity index (χ2v) is 5.05. The summed E-state index contributed by atoms with van der Waals surface area (Å²) in [5, 5.41) is 9.13. The molecule has 98 valence electrons. The van der Waals surface area contributed by atoms with Gasteiger partial charge in [0.1, 0.15) is 5.54 Å². The van der Waals surface area contributed by atoms with Crippen LogP contribution in [0.15, 0.2) is 18.2 Å². The molecule has 1 N–H and O–H groups in total. The van der Waals surface area contributed by atoms with Gasteiger partial charge in [0.25, 0.3) is 5.91 Å². The molecule has 0 unspecified atom stereocenters. The Kier molecular flexibility index (Phi) is 3.79.